The van der Waals surface area contributed by atoms with Crippen molar-refractivity contribution in [2.24, 2.45) is 5.92 Å². The Kier molecular flexibility index (Phi) is 5.25. The van der Waals surface area contributed by atoms with Crippen LogP contribution in [0.15, 0.2) is 46.9 Å². The van der Waals surface area contributed by atoms with E-state index in [9.17, 15) is 5.11 Å². The molecule has 0 amide bonds. The minimum atomic E-state index is -0.655. The van der Waals surface area contributed by atoms with Crippen molar-refractivity contribution in [2.45, 2.75) is 26.4 Å². The molecule has 20 heavy (non-hydrogen) atoms. The van der Waals surface area contributed by atoms with Crippen LogP contribution in [0.3, 0.4) is 0 Å². The van der Waals surface area contributed by atoms with Gasteiger partial charge in [0, 0.05) is 9.50 Å². The Balaban J connectivity index is 2.30. The van der Waals surface area contributed by atoms with Gasteiger partial charge in [-0.25, -0.2) is 0 Å². The summed E-state index contributed by atoms with van der Waals surface area (Å²) >= 11 is 9.45. The fourth-order valence-electron chi connectivity index (χ4n) is 2.29. The third-order valence-corrected chi connectivity index (χ3v) is 3.79. The van der Waals surface area contributed by atoms with Gasteiger partial charge in [0.25, 0.3) is 0 Å². The van der Waals surface area contributed by atoms with E-state index in [1.807, 2.05) is 24.3 Å². The van der Waals surface area contributed by atoms with Crippen LogP contribution in [0.1, 0.15) is 36.6 Å². The molecule has 0 aliphatic carbocycles. The highest BCUT2D eigenvalue weighted by Gasteiger charge is 2.12. The highest BCUT2D eigenvalue weighted by Crippen LogP contribution is 2.28. The molecule has 3 heteroatoms. The van der Waals surface area contributed by atoms with Crippen LogP contribution in [-0.4, -0.2) is 5.11 Å². The van der Waals surface area contributed by atoms with Gasteiger partial charge in [-0.15, -0.1) is 0 Å². The van der Waals surface area contributed by atoms with Crippen LogP contribution in [0, 0.1) is 5.92 Å². The standard InChI is InChI=1S/C17H18BrClO/c1-11(2)6-12-4-3-5-13(7-12)17(20)14-8-15(18)10-16(19)9-14/h3-5,7-11,17,20H,6H2,1-2H3. The summed E-state index contributed by atoms with van der Waals surface area (Å²) in [6, 6.07) is 13.6. The first-order valence-electron chi connectivity index (χ1n) is 6.68. The number of rotatable bonds is 4. The van der Waals surface area contributed by atoms with Gasteiger partial charge in [-0.1, -0.05) is 65.6 Å². The molecule has 0 saturated heterocycles. The summed E-state index contributed by atoms with van der Waals surface area (Å²) in [4.78, 5) is 0. The Morgan fingerprint density at radius 3 is 2.50 bits per heavy atom. The van der Waals surface area contributed by atoms with Crippen LogP contribution in [0.5, 0.6) is 0 Å². The molecule has 2 rings (SSSR count). The second-order valence-corrected chi connectivity index (χ2v) is 6.80. The highest BCUT2D eigenvalue weighted by molar-refractivity contribution is 9.10. The van der Waals surface area contributed by atoms with Gasteiger partial charge < -0.3 is 5.11 Å². The Morgan fingerprint density at radius 1 is 1.10 bits per heavy atom. The average Bonchev–Trinajstić information content (AvgIpc) is 2.36. The van der Waals surface area contributed by atoms with Crippen molar-refractivity contribution in [1.82, 2.24) is 0 Å². The third-order valence-electron chi connectivity index (χ3n) is 3.11. The van der Waals surface area contributed by atoms with E-state index in [1.165, 1.54) is 5.56 Å². The van der Waals surface area contributed by atoms with Crippen LogP contribution in [0.25, 0.3) is 0 Å². The monoisotopic (exact) mass is 352 g/mol. The van der Waals surface area contributed by atoms with Gasteiger partial charge >= 0.3 is 0 Å². The summed E-state index contributed by atoms with van der Waals surface area (Å²) in [5.74, 6) is 0.600. The molecule has 1 nitrogen and oxygen atoms in total. The fourth-order valence-corrected chi connectivity index (χ4v) is 3.17. The quantitative estimate of drug-likeness (QED) is 0.782. The lowest BCUT2D eigenvalue weighted by atomic mass is 9.96. The van der Waals surface area contributed by atoms with Gasteiger partial charge in [-0.2, -0.15) is 0 Å². The van der Waals surface area contributed by atoms with E-state index in [4.69, 9.17) is 11.6 Å². The number of aliphatic hydroxyl groups excluding tert-OH is 1. The van der Waals surface area contributed by atoms with Crippen LogP contribution in [-0.2, 0) is 6.42 Å². The summed E-state index contributed by atoms with van der Waals surface area (Å²) in [6.45, 7) is 4.38. The molecule has 2 aromatic carbocycles. The average molecular weight is 354 g/mol. The second kappa shape index (κ2) is 6.75. The summed E-state index contributed by atoms with van der Waals surface area (Å²) in [5, 5.41) is 11.1. The fraction of sp³-hybridized carbons (Fsp3) is 0.294. The smallest absolute Gasteiger partial charge is 0.104 e. The Hall–Kier alpha value is -0.830. The van der Waals surface area contributed by atoms with E-state index in [1.54, 1.807) is 6.07 Å². The Morgan fingerprint density at radius 2 is 1.85 bits per heavy atom. The van der Waals surface area contributed by atoms with Crippen LogP contribution < -0.4 is 0 Å². The number of benzene rings is 2. The van der Waals surface area contributed by atoms with E-state index < -0.39 is 6.10 Å². The summed E-state index contributed by atoms with van der Waals surface area (Å²) in [5.41, 5.74) is 2.95. The molecule has 0 radical (unpaired) electrons. The maximum absolute atomic E-state index is 10.5. The van der Waals surface area contributed by atoms with Gasteiger partial charge in [-0.05, 0) is 47.2 Å². The first-order valence-corrected chi connectivity index (χ1v) is 7.85. The lowest BCUT2D eigenvalue weighted by molar-refractivity contribution is 0.220. The molecule has 1 atom stereocenters. The van der Waals surface area contributed by atoms with Gasteiger partial charge in [0.15, 0.2) is 0 Å². The molecule has 1 N–H and O–H groups in total. The molecular weight excluding hydrogens is 336 g/mol. The predicted molar refractivity (Wildman–Crippen MR) is 88.2 cm³/mol. The highest BCUT2D eigenvalue weighted by atomic mass is 79.9. The van der Waals surface area contributed by atoms with E-state index in [0.29, 0.717) is 10.9 Å². The number of hydrogen-bond donors (Lipinski definition) is 1. The number of hydrogen-bond acceptors (Lipinski definition) is 1. The molecule has 106 valence electrons. The summed E-state index contributed by atoms with van der Waals surface area (Å²) in [7, 11) is 0. The van der Waals surface area contributed by atoms with Crippen molar-refractivity contribution in [3.63, 3.8) is 0 Å². The molecule has 1 unspecified atom stereocenters. The third kappa shape index (κ3) is 4.08. The van der Waals surface area contributed by atoms with Crippen LogP contribution >= 0.6 is 27.5 Å². The maximum Gasteiger partial charge on any atom is 0.104 e. The normalized spacial score (nSPS) is 12.7. The molecule has 2 aromatic rings. The molecule has 0 saturated carbocycles. The van der Waals surface area contributed by atoms with E-state index in [-0.39, 0.29) is 0 Å². The zero-order valence-corrected chi connectivity index (χ0v) is 13.9. The SMILES string of the molecule is CC(C)Cc1cccc(C(O)c2cc(Cl)cc(Br)c2)c1. The molecular formula is C17H18BrClO. The van der Waals surface area contributed by atoms with Crippen molar-refractivity contribution in [3.8, 4) is 0 Å². The number of halogens is 2. The summed E-state index contributed by atoms with van der Waals surface area (Å²) < 4.78 is 0.873. The van der Waals surface area contributed by atoms with Crippen molar-refractivity contribution < 1.29 is 5.11 Å². The first-order chi connectivity index (χ1) is 9.45. The lowest BCUT2D eigenvalue weighted by Gasteiger charge is -2.14. The molecule has 0 aliphatic heterocycles. The van der Waals surface area contributed by atoms with Gasteiger partial charge in [0.05, 0.1) is 0 Å². The van der Waals surface area contributed by atoms with Crippen molar-refractivity contribution in [1.29, 1.82) is 0 Å². The van der Waals surface area contributed by atoms with E-state index in [0.717, 1.165) is 22.0 Å². The van der Waals surface area contributed by atoms with Crippen LogP contribution in [0.4, 0.5) is 0 Å². The lowest BCUT2D eigenvalue weighted by Crippen LogP contribution is -2.02. The zero-order valence-electron chi connectivity index (χ0n) is 11.6. The zero-order chi connectivity index (χ0) is 14.7. The van der Waals surface area contributed by atoms with E-state index in [2.05, 4.69) is 41.9 Å². The molecule has 0 heterocycles. The van der Waals surface area contributed by atoms with Crippen molar-refractivity contribution >= 4 is 27.5 Å². The summed E-state index contributed by atoms with van der Waals surface area (Å²) in [6.07, 6.45) is 0.358. The topological polar surface area (TPSA) is 20.2 Å². The number of aliphatic hydroxyl groups is 1. The molecule has 0 bridgehead atoms. The minimum absolute atomic E-state index is 0.600. The Bertz CT molecular complexity index is 575. The van der Waals surface area contributed by atoms with Gasteiger partial charge in [0.1, 0.15) is 6.10 Å². The first kappa shape index (κ1) is 15.6. The minimum Gasteiger partial charge on any atom is -0.384 e. The van der Waals surface area contributed by atoms with Crippen molar-refractivity contribution in [3.05, 3.63) is 68.7 Å². The van der Waals surface area contributed by atoms with Crippen LogP contribution in [0.2, 0.25) is 5.02 Å². The largest absolute Gasteiger partial charge is 0.384 e. The second-order valence-electron chi connectivity index (χ2n) is 5.45. The maximum atomic E-state index is 10.5. The van der Waals surface area contributed by atoms with E-state index >= 15 is 0 Å². The molecule has 0 aliphatic rings. The molecule has 0 fully saturated rings. The van der Waals surface area contributed by atoms with Crippen molar-refractivity contribution in [2.75, 3.05) is 0 Å². The van der Waals surface area contributed by atoms with Gasteiger partial charge in [-0.3, -0.25) is 0 Å². The Labute approximate surface area is 133 Å². The predicted octanol–water partition coefficient (Wildman–Crippen LogP) is 5.38. The van der Waals surface area contributed by atoms with Gasteiger partial charge in [0.2, 0.25) is 0 Å². The molecule has 0 aromatic heterocycles. The molecule has 0 spiro atoms.